The van der Waals surface area contributed by atoms with Crippen LogP contribution in [-0.2, 0) is 11.2 Å². The third-order valence-electron chi connectivity index (χ3n) is 3.98. The van der Waals surface area contributed by atoms with Gasteiger partial charge in [-0.1, -0.05) is 35.3 Å². The molecule has 25 heavy (non-hydrogen) atoms. The Hall–Kier alpha value is -0.800. The highest BCUT2D eigenvalue weighted by molar-refractivity contribution is 6.35. The van der Waals surface area contributed by atoms with E-state index in [0.717, 1.165) is 5.56 Å². The number of aliphatic hydroxyl groups is 3. The molecule has 0 amide bonds. The van der Waals surface area contributed by atoms with Crippen molar-refractivity contribution in [1.29, 1.82) is 0 Å². The predicted octanol–water partition coefficient (Wildman–Crippen LogP) is 1.76. The Bertz CT molecular complexity index is 618. The van der Waals surface area contributed by atoms with E-state index in [9.17, 15) is 24.1 Å². The zero-order valence-electron chi connectivity index (χ0n) is 13.1. The number of ether oxygens (including phenoxy) is 1. The number of aliphatic hydroxyl groups excluding tert-OH is 3. The van der Waals surface area contributed by atoms with Crippen molar-refractivity contribution in [2.75, 3.05) is 13.2 Å². The Morgan fingerprint density at radius 3 is 2.52 bits per heavy atom. The monoisotopic (exact) mass is 397 g/mol. The first-order valence-electron chi connectivity index (χ1n) is 7.61. The maximum absolute atomic E-state index is 12.2. The summed E-state index contributed by atoms with van der Waals surface area (Å²) in [4.78, 5) is 0. The third-order valence-corrected chi connectivity index (χ3v) is 4.57. The SMILES string of the molecule is O[C@@H]1[C@@H](O)[C@@H](O)C(COC(F)F)=C[C@H]1NCCc1ccc(Cl)cc1Cl. The molecule has 0 heterocycles. The Kier molecular flexibility index (Phi) is 7.57. The van der Waals surface area contributed by atoms with Crippen molar-refractivity contribution in [3.05, 3.63) is 45.5 Å². The van der Waals surface area contributed by atoms with E-state index in [1.54, 1.807) is 18.2 Å². The first-order chi connectivity index (χ1) is 11.8. The molecule has 140 valence electrons. The van der Waals surface area contributed by atoms with Gasteiger partial charge in [-0.05, 0) is 36.2 Å². The first kappa shape index (κ1) is 20.5. The van der Waals surface area contributed by atoms with E-state index in [-0.39, 0.29) is 5.57 Å². The molecule has 5 nitrogen and oxygen atoms in total. The Morgan fingerprint density at radius 2 is 1.88 bits per heavy atom. The number of rotatable bonds is 7. The van der Waals surface area contributed by atoms with E-state index in [1.165, 1.54) is 6.08 Å². The van der Waals surface area contributed by atoms with E-state index < -0.39 is 37.6 Å². The molecule has 0 bridgehead atoms. The minimum Gasteiger partial charge on any atom is -0.388 e. The lowest BCUT2D eigenvalue weighted by molar-refractivity contribution is -0.129. The lowest BCUT2D eigenvalue weighted by Gasteiger charge is -2.35. The molecule has 0 aromatic heterocycles. The fourth-order valence-corrected chi connectivity index (χ4v) is 3.12. The van der Waals surface area contributed by atoms with Gasteiger partial charge in [0, 0.05) is 10.0 Å². The van der Waals surface area contributed by atoms with Crippen LogP contribution in [0.1, 0.15) is 5.56 Å². The summed E-state index contributed by atoms with van der Waals surface area (Å²) in [6.07, 6.45) is -2.33. The lowest BCUT2D eigenvalue weighted by atomic mass is 9.88. The summed E-state index contributed by atoms with van der Waals surface area (Å²) in [5, 5.41) is 33.8. The fourth-order valence-electron chi connectivity index (χ4n) is 2.62. The summed E-state index contributed by atoms with van der Waals surface area (Å²) in [6.45, 7) is -3.13. The summed E-state index contributed by atoms with van der Waals surface area (Å²) >= 11 is 11.9. The highest BCUT2D eigenvalue weighted by Crippen LogP contribution is 2.23. The normalized spacial score (nSPS) is 26.8. The van der Waals surface area contributed by atoms with Crippen LogP contribution in [0.5, 0.6) is 0 Å². The minimum absolute atomic E-state index is 0.0834. The van der Waals surface area contributed by atoms with Crippen LogP contribution >= 0.6 is 23.2 Å². The molecule has 9 heteroatoms. The molecule has 0 radical (unpaired) electrons. The molecule has 0 fully saturated rings. The van der Waals surface area contributed by atoms with Crippen molar-refractivity contribution in [3.8, 4) is 0 Å². The number of hydrogen-bond acceptors (Lipinski definition) is 5. The van der Waals surface area contributed by atoms with Crippen molar-refractivity contribution < 1.29 is 28.8 Å². The smallest absolute Gasteiger partial charge is 0.345 e. The van der Waals surface area contributed by atoms with Gasteiger partial charge in [0.05, 0.1) is 12.6 Å². The molecule has 0 aliphatic heterocycles. The number of hydrogen-bond donors (Lipinski definition) is 4. The van der Waals surface area contributed by atoms with Crippen LogP contribution in [0.15, 0.2) is 29.8 Å². The number of halogens is 4. The van der Waals surface area contributed by atoms with Gasteiger partial charge in [-0.25, -0.2) is 0 Å². The number of nitrogens with one attached hydrogen (secondary N) is 1. The van der Waals surface area contributed by atoms with Crippen molar-refractivity contribution in [2.45, 2.75) is 37.4 Å². The zero-order valence-corrected chi connectivity index (χ0v) is 14.6. The molecule has 1 aromatic carbocycles. The van der Waals surface area contributed by atoms with Crippen LogP contribution in [0.25, 0.3) is 0 Å². The highest BCUT2D eigenvalue weighted by Gasteiger charge is 2.37. The molecule has 0 spiro atoms. The standard InChI is InChI=1S/C16H19Cl2F2NO4/c17-10-2-1-8(11(18)6-10)3-4-21-12-5-9(7-25-16(19)20)13(22)15(24)14(12)23/h1-2,5-6,12-16,21-24H,3-4,7H2/t12-,13+,14+,15+/m1/s1. The minimum atomic E-state index is -2.99. The van der Waals surface area contributed by atoms with E-state index in [4.69, 9.17) is 23.2 Å². The zero-order chi connectivity index (χ0) is 18.6. The van der Waals surface area contributed by atoms with Crippen molar-refractivity contribution in [2.24, 2.45) is 0 Å². The number of benzene rings is 1. The second-order valence-electron chi connectivity index (χ2n) is 5.70. The van der Waals surface area contributed by atoms with Gasteiger partial charge in [-0.2, -0.15) is 8.78 Å². The maximum Gasteiger partial charge on any atom is 0.345 e. The van der Waals surface area contributed by atoms with Gasteiger partial charge < -0.3 is 25.4 Å². The van der Waals surface area contributed by atoms with Crippen LogP contribution in [0.4, 0.5) is 8.78 Å². The third kappa shape index (κ3) is 5.59. The molecule has 4 N–H and O–H groups in total. The maximum atomic E-state index is 12.2. The average molecular weight is 398 g/mol. The molecule has 1 aromatic rings. The summed E-state index contributed by atoms with van der Waals surface area (Å²) in [5.41, 5.74) is 0.926. The van der Waals surface area contributed by atoms with Gasteiger partial charge in [0.2, 0.25) is 0 Å². The van der Waals surface area contributed by atoms with Gasteiger partial charge in [0.25, 0.3) is 0 Å². The van der Waals surface area contributed by atoms with E-state index in [0.29, 0.717) is 23.0 Å². The summed E-state index contributed by atoms with van der Waals surface area (Å²) in [7, 11) is 0. The van der Waals surface area contributed by atoms with Gasteiger partial charge in [-0.3, -0.25) is 0 Å². The second-order valence-corrected chi connectivity index (χ2v) is 6.55. The van der Waals surface area contributed by atoms with Gasteiger partial charge in [0.1, 0.15) is 18.3 Å². The van der Waals surface area contributed by atoms with Crippen LogP contribution < -0.4 is 5.32 Å². The van der Waals surface area contributed by atoms with Crippen LogP contribution in [-0.4, -0.2) is 59.4 Å². The van der Waals surface area contributed by atoms with Crippen molar-refractivity contribution >= 4 is 23.2 Å². The Morgan fingerprint density at radius 1 is 1.16 bits per heavy atom. The summed E-state index contributed by atoms with van der Waals surface area (Å²) in [6, 6.07) is 4.38. The van der Waals surface area contributed by atoms with Gasteiger partial charge >= 0.3 is 6.61 Å². The van der Waals surface area contributed by atoms with Crippen molar-refractivity contribution in [3.63, 3.8) is 0 Å². The topological polar surface area (TPSA) is 82.0 Å². The molecular formula is C16H19Cl2F2NO4. The molecule has 1 aliphatic rings. The van der Waals surface area contributed by atoms with E-state index in [1.807, 2.05) is 0 Å². The van der Waals surface area contributed by atoms with Gasteiger partial charge in [0.15, 0.2) is 0 Å². The van der Waals surface area contributed by atoms with Crippen LogP contribution in [0, 0.1) is 0 Å². The molecular weight excluding hydrogens is 379 g/mol. The van der Waals surface area contributed by atoms with Crippen LogP contribution in [0.3, 0.4) is 0 Å². The number of alkyl halides is 2. The predicted molar refractivity (Wildman–Crippen MR) is 90.0 cm³/mol. The average Bonchev–Trinajstić information content (AvgIpc) is 2.55. The first-order valence-corrected chi connectivity index (χ1v) is 8.37. The highest BCUT2D eigenvalue weighted by atomic mass is 35.5. The fraction of sp³-hybridized carbons (Fsp3) is 0.500. The summed E-state index contributed by atoms with van der Waals surface area (Å²) in [5.74, 6) is 0. The molecule has 4 atom stereocenters. The van der Waals surface area contributed by atoms with Gasteiger partial charge in [-0.15, -0.1) is 0 Å². The second kappa shape index (κ2) is 9.23. The molecule has 2 rings (SSSR count). The molecule has 0 saturated carbocycles. The summed E-state index contributed by atoms with van der Waals surface area (Å²) < 4.78 is 28.5. The quantitative estimate of drug-likeness (QED) is 0.527. The molecule has 1 aliphatic carbocycles. The van der Waals surface area contributed by atoms with Crippen molar-refractivity contribution in [1.82, 2.24) is 5.32 Å². The lowest BCUT2D eigenvalue weighted by Crippen LogP contribution is -2.54. The molecule has 0 unspecified atom stereocenters. The Labute approximate surface area is 153 Å². The van der Waals surface area contributed by atoms with Crippen LogP contribution in [0.2, 0.25) is 10.0 Å². The van der Waals surface area contributed by atoms with E-state index >= 15 is 0 Å². The Balaban J connectivity index is 1.98. The van der Waals surface area contributed by atoms with E-state index in [2.05, 4.69) is 10.1 Å². The molecule has 0 saturated heterocycles. The largest absolute Gasteiger partial charge is 0.388 e.